The van der Waals surface area contributed by atoms with Crippen molar-refractivity contribution in [1.29, 1.82) is 0 Å². The van der Waals surface area contributed by atoms with Crippen LogP contribution in [0.1, 0.15) is 0 Å². The molecule has 0 N–H and O–H groups in total. The first-order valence-corrected chi connectivity index (χ1v) is 7.35. The van der Waals surface area contributed by atoms with Crippen molar-refractivity contribution in [3.63, 3.8) is 0 Å². The van der Waals surface area contributed by atoms with Gasteiger partial charge in [0.15, 0.2) is 0 Å². The molecule has 0 atom stereocenters. The first-order valence-electron chi connectivity index (χ1n) is 4.08. The van der Waals surface area contributed by atoms with E-state index in [-0.39, 0.29) is 0 Å². The van der Waals surface area contributed by atoms with E-state index in [1.54, 1.807) is 0 Å². The number of hydrogen-bond acceptors (Lipinski definition) is 7. The van der Waals surface area contributed by atoms with Gasteiger partial charge in [-0.15, -0.1) is 0 Å². The highest BCUT2D eigenvalue weighted by atomic mass is 28.5. The maximum Gasteiger partial charge on any atom is 0.673 e. The largest absolute Gasteiger partial charge is 0.673 e. The highest BCUT2D eigenvalue weighted by Crippen LogP contribution is 2.18. The Morgan fingerprint density at radius 3 is 0.800 bits per heavy atom. The summed E-state index contributed by atoms with van der Waals surface area (Å²) in [5, 5.41) is 0. The van der Waals surface area contributed by atoms with Gasteiger partial charge in [0.05, 0.1) is 0 Å². The summed E-state index contributed by atoms with van der Waals surface area (Å²) in [5.74, 6) is 0. The quantitative estimate of drug-likeness (QED) is 0.556. The minimum absolute atomic E-state index is 1.42. The predicted molar refractivity (Wildman–Crippen MR) is 54.6 cm³/mol. The molecule has 0 fully saturated rings. The van der Waals surface area contributed by atoms with Crippen molar-refractivity contribution in [2.45, 2.75) is 0 Å². The molecule has 0 unspecified atom stereocenters. The summed E-state index contributed by atoms with van der Waals surface area (Å²) in [6.07, 6.45) is 0. The minimum atomic E-state index is -3.23. The first-order chi connectivity index (χ1) is 7.07. The van der Waals surface area contributed by atoms with Gasteiger partial charge in [0.2, 0.25) is 0 Å². The van der Waals surface area contributed by atoms with Crippen molar-refractivity contribution >= 4 is 18.1 Å². The van der Waals surface area contributed by atoms with Crippen LogP contribution in [0.4, 0.5) is 0 Å². The normalized spacial score (nSPS) is 13.2. The van der Waals surface area contributed by atoms with Crippen molar-refractivity contribution in [3.05, 3.63) is 0 Å². The van der Waals surface area contributed by atoms with Gasteiger partial charge in [-0.05, 0) is 0 Å². The van der Waals surface area contributed by atoms with Crippen LogP contribution in [0.2, 0.25) is 0 Å². The smallest absolute Gasteiger partial charge is 0.355 e. The molecular formula is C6H18O7Si2. The third kappa shape index (κ3) is 3.58. The summed E-state index contributed by atoms with van der Waals surface area (Å²) in [4.78, 5) is 0. The second-order valence-corrected chi connectivity index (χ2v) is 7.59. The molecule has 0 bridgehead atoms. The molecule has 0 saturated carbocycles. The number of hydrogen-bond donors (Lipinski definition) is 0. The van der Waals surface area contributed by atoms with Gasteiger partial charge in [0, 0.05) is 42.7 Å². The van der Waals surface area contributed by atoms with Crippen molar-refractivity contribution in [1.82, 2.24) is 0 Å². The Hall–Kier alpha value is 0.154. The van der Waals surface area contributed by atoms with E-state index in [0.717, 1.165) is 0 Å². The summed E-state index contributed by atoms with van der Waals surface area (Å²) < 4.78 is 35.9. The third-order valence-electron chi connectivity index (χ3n) is 1.75. The van der Waals surface area contributed by atoms with Gasteiger partial charge < -0.3 is 30.7 Å². The van der Waals surface area contributed by atoms with Crippen LogP contribution in [-0.2, 0) is 30.7 Å². The molecule has 15 heavy (non-hydrogen) atoms. The summed E-state index contributed by atoms with van der Waals surface area (Å²) >= 11 is 0. The zero-order valence-corrected chi connectivity index (χ0v) is 11.9. The fraction of sp³-hybridized carbons (Fsp3) is 1.00. The Morgan fingerprint density at radius 2 is 0.667 bits per heavy atom. The molecule has 0 spiro atoms. The van der Waals surface area contributed by atoms with E-state index < -0.39 is 18.1 Å². The molecule has 0 saturated heterocycles. The van der Waals surface area contributed by atoms with Crippen LogP contribution in [0.5, 0.6) is 0 Å². The summed E-state index contributed by atoms with van der Waals surface area (Å²) in [7, 11) is 2.04. The van der Waals surface area contributed by atoms with E-state index in [2.05, 4.69) is 0 Å². The first kappa shape index (κ1) is 15.2. The van der Waals surface area contributed by atoms with Crippen LogP contribution < -0.4 is 0 Å². The van der Waals surface area contributed by atoms with Gasteiger partial charge in [0.25, 0.3) is 0 Å². The Balaban J connectivity index is 4.74. The Morgan fingerprint density at radius 1 is 0.467 bits per heavy atom. The lowest BCUT2D eigenvalue weighted by atomic mass is 11.8. The van der Waals surface area contributed by atoms with Crippen LogP contribution in [0.25, 0.3) is 0 Å². The van der Waals surface area contributed by atoms with Crippen molar-refractivity contribution < 1.29 is 30.7 Å². The van der Waals surface area contributed by atoms with E-state index in [4.69, 9.17) is 30.7 Å². The maximum atomic E-state index is 5.47. The summed E-state index contributed by atoms with van der Waals surface area (Å²) in [6, 6.07) is 0. The van der Waals surface area contributed by atoms with Crippen LogP contribution in [0, 0.1) is 0 Å². The predicted octanol–water partition coefficient (Wildman–Crippen LogP) is -0.247. The molecule has 9 heteroatoms. The standard InChI is InChI=1S/C6H18O7Si2/c1-7-14(8-2,9-3)13-15(10-4,11-5)12-6/h1-6H3. The molecule has 0 rings (SSSR count). The van der Waals surface area contributed by atoms with Crippen LogP contribution in [0.15, 0.2) is 0 Å². The van der Waals surface area contributed by atoms with E-state index >= 15 is 0 Å². The lowest BCUT2D eigenvalue weighted by Crippen LogP contribution is -2.59. The molecule has 0 aliphatic carbocycles. The van der Waals surface area contributed by atoms with Gasteiger partial charge in [-0.2, -0.15) is 0 Å². The molecule has 0 amide bonds. The molecule has 0 aromatic carbocycles. The summed E-state index contributed by atoms with van der Waals surface area (Å²) in [5.41, 5.74) is 0. The van der Waals surface area contributed by atoms with Crippen LogP contribution in [0.3, 0.4) is 0 Å². The second kappa shape index (κ2) is 6.68. The Labute approximate surface area is 92.1 Å². The molecule has 0 heterocycles. The molecule has 0 radical (unpaired) electrons. The van der Waals surface area contributed by atoms with E-state index in [1.165, 1.54) is 42.7 Å². The lowest BCUT2D eigenvalue weighted by molar-refractivity contribution is -0.0254. The van der Waals surface area contributed by atoms with E-state index in [9.17, 15) is 0 Å². The molecule has 7 nitrogen and oxygen atoms in total. The molecule has 0 aliphatic heterocycles. The van der Waals surface area contributed by atoms with Crippen molar-refractivity contribution in [2.24, 2.45) is 0 Å². The van der Waals surface area contributed by atoms with Gasteiger partial charge in [0.1, 0.15) is 0 Å². The highest BCUT2D eigenvalue weighted by molar-refractivity contribution is 6.68. The van der Waals surface area contributed by atoms with Gasteiger partial charge in [-0.1, -0.05) is 0 Å². The van der Waals surface area contributed by atoms with Crippen molar-refractivity contribution in [2.75, 3.05) is 42.7 Å². The van der Waals surface area contributed by atoms with E-state index in [1.807, 2.05) is 0 Å². The fourth-order valence-electron chi connectivity index (χ4n) is 0.903. The van der Waals surface area contributed by atoms with Gasteiger partial charge >= 0.3 is 18.1 Å². The maximum absolute atomic E-state index is 5.47. The fourth-order valence-corrected chi connectivity index (χ4v) is 5.13. The Kier molecular flexibility index (Phi) is 6.74. The van der Waals surface area contributed by atoms with Crippen LogP contribution >= 0.6 is 0 Å². The third-order valence-corrected chi connectivity index (χ3v) is 6.75. The molecule has 0 aliphatic rings. The molecule has 0 aromatic heterocycles. The van der Waals surface area contributed by atoms with Crippen LogP contribution in [-0.4, -0.2) is 60.8 Å². The average Bonchev–Trinajstić information content (AvgIpc) is 2.33. The molecule has 92 valence electrons. The zero-order valence-electron chi connectivity index (χ0n) is 9.86. The average molecular weight is 258 g/mol. The lowest BCUT2D eigenvalue weighted by Gasteiger charge is -2.30. The monoisotopic (exact) mass is 258 g/mol. The second-order valence-electron chi connectivity index (χ2n) is 2.33. The van der Waals surface area contributed by atoms with Gasteiger partial charge in [-0.3, -0.25) is 0 Å². The SMILES string of the molecule is CO[Si](OC)(OC)O[Si](OC)(OC)OC. The number of rotatable bonds is 8. The molecular weight excluding hydrogens is 240 g/mol. The zero-order chi connectivity index (χ0) is 11.9. The van der Waals surface area contributed by atoms with E-state index in [0.29, 0.717) is 0 Å². The minimum Gasteiger partial charge on any atom is -0.355 e. The topological polar surface area (TPSA) is 64.6 Å². The highest BCUT2D eigenvalue weighted by Gasteiger charge is 2.56. The Bertz CT molecular complexity index is 136. The van der Waals surface area contributed by atoms with Crippen molar-refractivity contribution in [3.8, 4) is 0 Å². The molecule has 0 aromatic rings. The van der Waals surface area contributed by atoms with Gasteiger partial charge in [-0.25, -0.2) is 0 Å². The summed E-state index contributed by atoms with van der Waals surface area (Å²) in [6.45, 7) is 0.